The van der Waals surface area contributed by atoms with Gasteiger partial charge in [0.25, 0.3) is 0 Å². The summed E-state index contributed by atoms with van der Waals surface area (Å²) in [6.07, 6.45) is 1.66. The summed E-state index contributed by atoms with van der Waals surface area (Å²) in [6.45, 7) is 4.01. The highest BCUT2D eigenvalue weighted by atomic mass is 16.5. The van der Waals surface area contributed by atoms with Gasteiger partial charge >= 0.3 is 0 Å². The van der Waals surface area contributed by atoms with Gasteiger partial charge in [0.05, 0.1) is 12.7 Å². The molecule has 1 atom stereocenters. The number of nitrogens with zero attached hydrogens (tertiary/aromatic N) is 2. The summed E-state index contributed by atoms with van der Waals surface area (Å²) in [4.78, 5) is 16.1. The zero-order chi connectivity index (χ0) is 15.9. The molecule has 118 valence electrons. The van der Waals surface area contributed by atoms with Crippen molar-refractivity contribution in [2.75, 3.05) is 7.11 Å². The van der Waals surface area contributed by atoms with Crippen LogP contribution in [0.25, 0.3) is 11.4 Å². The second-order valence-electron chi connectivity index (χ2n) is 5.09. The summed E-state index contributed by atoms with van der Waals surface area (Å²) in [5, 5.41) is 6.86. The number of aryl methyl sites for hydroxylation is 1. The van der Waals surface area contributed by atoms with Crippen LogP contribution in [0.3, 0.4) is 0 Å². The first-order chi connectivity index (χ1) is 10.6. The number of aromatic nitrogens is 2. The Labute approximate surface area is 129 Å². The number of carbonyl (C=O) groups excluding carboxylic acids is 1. The number of para-hydroxylation sites is 1. The summed E-state index contributed by atoms with van der Waals surface area (Å²) >= 11 is 0. The van der Waals surface area contributed by atoms with E-state index in [1.54, 1.807) is 7.11 Å². The molecule has 6 nitrogen and oxygen atoms in total. The fraction of sp³-hybridized carbons (Fsp3) is 0.438. The standard InChI is InChI=1S/C16H21N3O3/c1-4-11(2)17-14(20)9-10-15-18-16(19-22-15)12-7-5-6-8-13(12)21-3/h5-8,11H,4,9-10H2,1-3H3,(H,17,20). The monoisotopic (exact) mass is 303 g/mol. The molecule has 1 aromatic heterocycles. The topological polar surface area (TPSA) is 77.2 Å². The normalized spacial score (nSPS) is 12.0. The van der Waals surface area contributed by atoms with Crippen molar-refractivity contribution in [3.8, 4) is 17.1 Å². The highest BCUT2D eigenvalue weighted by molar-refractivity contribution is 5.76. The SMILES string of the molecule is CCC(C)NC(=O)CCc1nc(-c2ccccc2OC)no1. The summed E-state index contributed by atoms with van der Waals surface area (Å²) < 4.78 is 10.5. The van der Waals surface area contributed by atoms with E-state index in [4.69, 9.17) is 9.26 Å². The number of hydrogen-bond acceptors (Lipinski definition) is 5. The molecule has 2 rings (SSSR count). The molecule has 0 radical (unpaired) electrons. The Morgan fingerprint density at radius 2 is 2.18 bits per heavy atom. The molecular weight excluding hydrogens is 282 g/mol. The first-order valence-corrected chi connectivity index (χ1v) is 7.39. The van der Waals surface area contributed by atoms with Crippen LogP contribution >= 0.6 is 0 Å². The molecule has 1 unspecified atom stereocenters. The van der Waals surface area contributed by atoms with E-state index < -0.39 is 0 Å². The van der Waals surface area contributed by atoms with Crippen molar-refractivity contribution in [3.63, 3.8) is 0 Å². The summed E-state index contributed by atoms with van der Waals surface area (Å²) in [7, 11) is 1.60. The fourth-order valence-corrected chi connectivity index (χ4v) is 1.96. The lowest BCUT2D eigenvalue weighted by atomic mass is 10.2. The van der Waals surface area contributed by atoms with Gasteiger partial charge in [-0.15, -0.1) is 0 Å². The maximum absolute atomic E-state index is 11.7. The second-order valence-corrected chi connectivity index (χ2v) is 5.09. The largest absolute Gasteiger partial charge is 0.496 e. The molecule has 1 N–H and O–H groups in total. The van der Waals surface area contributed by atoms with Crippen molar-refractivity contribution in [1.82, 2.24) is 15.5 Å². The molecule has 0 bridgehead atoms. The number of methoxy groups -OCH3 is 1. The first kappa shape index (κ1) is 16.0. The number of benzene rings is 1. The second kappa shape index (κ2) is 7.59. The van der Waals surface area contributed by atoms with E-state index in [2.05, 4.69) is 15.5 Å². The molecule has 1 aromatic carbocycles. The zero-order valence-electron chi connectivity index (χ0n) is 13.1. The van der Waals surface area contributed by atoms with Gasteiger partial charge in [0, 0.05) is 18.9 Å². The number of ether oxygens (including phenoxy) is 1. The number of amides is 1. The van der Waals surface area contributed by atoms with Gasteiger partial charge in [-0.05, 0) is 25.5 Å². The Bertz CT molecular complexity index is 625. The van der Waals surface area contributed by atoms with Gasteiger partial charge in [-0.3, -0.25) is 4.79 Å². The van der Waals surface area contributed by atoms with Crippen molar-refractivity contribution < 1.29 is 14.1 Å². The Balaban J connectivity index is 1.98. The van der Waals surface area contributed by atoms with Crippen LogP contribution in [0.15, 0.2) is 28.8 Å². The van der Waals surface area contributed by atoms with E-state index in [1.807, 2.05) is 38.1 Å². The lowest BCUT2D eigenvalue weighted by Crippen LogP contribution is -2.32. The molecule has 22 heavy (non-hydrogen) atoms. The van der Waals surface area contributed by atoms with Crippen LogP contribution in [0.4, 0.5) is 0 Å². The lowest BCUT2D eigenvalue weighted by molar-refractivity contribution is -0.121. The summed E-state index contributed by atoms with van der Waals surface area (Å²) in [5.74, 6) is 1.59. The van der Waals surface area contributed by atoms with Gasteiger partial charge in [-0.1, -0.05) is 24.2 Å². The van der Waals surface area contributed by atoms with Crippen LogP contribution in [0.1, 0.15) is 32.6 Å². The van der Waals surface area contributed by atoms with Crippen molar-refractivity contribution >= 4 is 5.91 Å². The van der Waals surface area contributed by atoms with E-state index in [0.717, 1.165) is 12.0 Å². The van der Waals surface area contributed by atoms with Crippen molar-refractivity contribution in [1.29, 1.82) is 0 Å². The molecule has 6 heteroatoms. The van der Waals surface area contributed by atoms with E-state index in [9.17, 15) is 4.79 Å². The minimum Gasteiger partial charge on any atom is -0.496 e. The molecular formula is C16H21N3O3. The number of hydrogen-bond donors (Lipinski definition) is 1. The van der Waals surface area contributed by atoms with Gasteiger partial charge in [0.15, 0.2) is 0 Å². The predicted molar refractivity (Wildman–Crippen MR) is 82.5 cm³/mol. The van der Waals surface area contributed by atoms with Crippen LogP contribution in [0, 0.1) is 0 Å². The third-order valence-corrected chi connectivity index (χ3v) is 3.40. The van der Waals surface area contributed by atoms with E-state index in [-0.39, 0.29) is 11.9 Å². The predicted octanol–water partition coefficient (Wildman–Crippen LogP) is 2.59. The highest BCUT2D eigenvalue weighted by Crippen LogP contribution is 2.27. The summed E-state index contributed by atoms with van der Waals surface area (Å²) in [5.41, 5.74) is 0.768. The van der Waals surface area contributed by atoms with Crippen molar-refractivity contribution in [2.45, 2.75) is 39.2 Å². The third-order valence-electron chi connectivity index (χ3n) is 3.40. The first-order valence-electron chi connectivity index (χ1n) is 7.39. The Morgan fingerprint density at radius 3 is 2.91 bits per heavy atom. The van der Waals surface area contributed by atoms with Gasteiger partial charge in [0.1, 0.15) is 5.75 Å². The number of rotatable bonds is 7. The molecule has 0 spiro atoms. The summed E-state index contributed by atoms with van der Waals surface area (Å²) in [6, 6.07) is 7.64. The maximum atomic E-state index is 11.7. The zero-order valence-corrected chi connectivity index (χ0v) is 13.1. The van der Waals surface area contributed by atoms with E-state index >= 15 is 0 Å². The Hall–Kier alpha value is -2.37. The molecule has 0 aliphatic rings. The van der Waals surface area contributed by atoms with Gasteiger partial charge in [-0.2, -0.15) is 4.98 Å². The van der Waals surface area contributed by atoms with Crippen LogP contribution in [0.5, 0.6) is 5.75 Å². The lowest BCUT2D eigenvalue weighted by Gasteiger charge is -2.10. The van der Waals surface area contributed by atoms with Gasteiger partial charge in [-0.25, -0.2) is 0 Å². The molecule has 0 aliphatic heterocycles. The molecule has 1 amide bonds. The average molecular weight is 303 g/mol. The van der Waals surface area contributed by atoms with Crippen LogP contribution in [-0.2, 0) is 11.2 Å². The number of nitrogens with one attached hydrogen (secondary N) is 1. The van der Waals surface area contributed by atoms with Crippen LogP contribution < -0.4 is 10.1 Å². The molecule has 0 aliphatic carbocycles. The van der Waals surface area contributed by atoms with E-state index in [0.29, 0.717) is 30.3 Å². The highest BCUT2D eigenvalue weighted by Gasteiger charge is 2.14. The molecule has 0 saturated carbocycles. The quantitative estimate of drug-likeness (QED) is 0.850. The number of carbonyl (C=O) groups is 1. The fourth-order valence-electron chi connectivity index (χ4n) is 1.96. The van der Waals surface area contributed by atoms with E-state index in [1.165, 1.54) is 0 Å². The Kier molecular flexibility index (Phi) is 5.52. The minimum absolute atomic E-state index is 0.00797. The smallest absolute Gasteiger partial charge is 0.227 e. The molecule has 1 heterocycles. The average Bonchev–Trinajstić information content (AvgIpc) is 3.01. The van der Waals surface area contributed by atoms with Crippen molar-refractivity contribution in [3.05, 3.63) is 30.2 Å². The Morgan fingerprint density at radius 1 is 1.41 bits per heavy atom. The maximum Gasteiger partial charge on any atom is 0.227 e. The van der Waals surface area contributed by atoms with Gasteiger partial charge < -0.3 is 14.6 Å². The van der Waals surface area contributed by atoms with Crippen LogP contribution in [-0.4, -0.2) is 29.2 Å². The molecule has 0 saturated heterocycles. The van der Waals surface area contributed by atoms with Crippen molar-refractivity contribution in [2.24, 2.45) is 0 Å². The van der Waals surface area contributed by atoms with Crippen LogP contribution in [0.2, 0.25) is 0 Å². The third kappa shape index (κ3) is 4.07. The van der Waals surface area contributed by atoms with Gasteiger partial charge in [0.2, 0.25) is 17.6 Å². The molecule has 0 fully saturated rings. The minimum atomic E-state index is -0.00797. The molecule has 2 aromatic rings.